The molecular formula is C16H25ClN2O. The highest BCUT2D eigenvalue weighted by atomic mass is 35.5. The van der Waals surface area contributed by atoms with E-state index in [9.17, 15) is 4.79 Å². The molecule has 1 aliphatic rings. The van der Waals surface area contributed by atoms with Crippen LogP contribution >= 0.6 is 12.4 Å². The van der Waals surface area contributed by atoms with Crippen molar-refractivity contribution in [3.05, 3.63) is 35.4 Å². The van der Waals surface area contributed by atoms with Crippen molar-refractivity contribution in [3.8, 4) is 0 Å². The lowest BCUT2D eigenvalue weighted by atomic mass is 9.97. The highest BCUT2D eigenvalue weighted by Crippen LogP contribution is 2.17. The summed E-state index contributed by atoms with van der Waals surface area (Å²) in [5.74, 6) is 0.468. The number of hydrogen-bond donors (Lipinski definition) is 1. The maximum absolute atomic E-state index is 12.5. The summed E-state index contributed by atoms with van der Waals surface area (Å²) in [4.78, 5) is 14.5. The highest BCUT2D eigenvalue weighted by Gasteiger charge is 2.25. The van der Waals surface area contributed by atoms with Crippen LogP contribution in [-0.2, 0) is 11.3 Å². The quantitative estimate of drug-likeness (QED) is 0.926. The normalized spacial score (nSPS) is 18.2. The molecule has 0 spiro atoms. The number of nitrogens with zero attached hydrogens (tertiary/aromatic N) is 1. The van der Waals surface area contributed by atoms with Crippen LogP contribution in [-0.4, -0.2) is 30.4 Å². The van der Waals surface area contributed by atoms with Crippen molar-refractivity contribution in [2.75, 3.05) is 19.6 Å². The van der Waals surface area contributed by atoms with E-state index in [2.05, 4.69) is 31.3 Å². The van der Waals surface area contributed by atoms with E-state index < -0.39 is 0 Å². The number of benzene rings is 1. The molecule has 0 bridgehead atoms. The Balaban J connectivity index is 0.00000200. The van der Waals surface area contributed by atoms with Crippen molar-refractivity contribution in [1.29, 1.82) is 0 Å². The van der Waals surface area contributed by atoms with Gasteiger partial charge in [-0.15, -0.1) is 12.4 Å². The number of halogens is 1. The minimum absolute atomic E-state index is 0. The maximum Gasteiger partial charge on any atom is 0.227 e. The first-order chi connectivity index (χ1) is 9.22. The number of carbonyl (C=O) groups is 1. The van der Waals surface area contributed by atoms with Gasteiger partial charge in [0.25, 0.3) is 0 Å². The first kappa shape index (κ1) is 17.0. The number of carbonyl (C=O) groups excluding carboxylic acids is 1. The van der Waals surface area contributed by atoms with Crippen LogP contribution in [0.25, 0.3) is 0 Å². The van der Waals surface area contributed by atoms with E-state index >= 15 is 0 Å². The number of aryl methyl sites for hydroxylation is 1. The molecule has 1 amide bonds. The Morgan fingerprint density at radius 1 is 1.40 bits per heavy atom. The van der Waals surface area contributed by atoms with Gasteiger partial charge in [-0.25, -0.2) is 0 Å². The molecule has 20 heavy (non-hydrogen) atoms. The van der Waals surface area contributed by atoms with E-state index in [0.29, 0.717) is 5.91 Å². The molecular weight excluding hydrogens is 272 g/mol. The van der Waals surface area contributed by atoms with Gasteiger partial charge in [0.15, 0.2) is 0 Å². The molecule has 112 valence electrons. The van der Waals surface area contributed by atoms with Crippen molar-refractivity contribution in [2.24, 2.45) is 5.92 Å². The van der Waals surface area contributed by atoms with Crippen LogP contribution in [0.3, 0.4) is 0 Å². The molecule has 4 heteroatoms. The predicted molar refractivity (Wildman–Crippen MR) is 85.1 cm³/mol. The summed E-state index contributed by atoms with van der Waals surface area (Å²) in [5.41, 5.74) is 2.51. The fourth-order valence-corrected chi connectivity index (χ4v) is 2.66. The molecule has 1 saturated heterocycles. The molecule has 0 saturated carbocycles. The van der Waals surface area contributed by atoms with Gasteiger partial charge in [-0.05, 0) is 44.4 Å². The standard InChI is InChI=1S/C16H24N2O.ClH/c1-3-18(12-15-8-5-4-7-13(15)2)16(19)14-9-6-10-17-11-14;/h4-5,7-8,14,17H,3,6,9-12H2,1-2H3;1H. The van der Waals surface area contributed by atoms with Crippen LogP contribution in [0.5, 0.6) is 0 Å². The van der Waals surface area contributed by atoms with E-state index in [4.69, 9.17) is 0 Å². The highest BCUT2D eigenvalue weighted by molar-refractivity contribution is 5.85. The fourth-order valence-electron chi connectivity index (χ4n) is 2.66. The Bertz CT molecular complexity index is 430. The summed E-state index contributed by atoms with van der Waals surface area (Å²) >= 11 is 0. The second-order valence-electron chi connectivity index (χ2n) is 5.32. The summed E-state index contributed by atoms with van der Waals surface area (Å²) in [6.45, 7) is 7.57. The van der Waals surface area contributed by atoms with Crippen molar-refractivity contribution >= 4 is 18.3 Å². The third kappa shape index (κ3) is 4.22. The first-order valence-corrected chi connectivity index (χ1v) is 7.26. The molecule has 1 N–H and O–H groups in total. The number of amides is 1. The van der Waals surface area contributed by atoms with Gasteiger partial charge >= 0.3 is 0 Å². The van der Waals surface area contributed by atoms with Gasteiger partial charge in [0, 0.05) is 19.6 Å². The van der Waals surface area contributed by atoms with Crippen molar-refractivity contribution in [2.45, 2.75) is 33.2 Å². The zero-order chi connectivity index (χ0) is 13.7. The summed E-state index contributed by atoms with van der Waals surface area (Å²) < 4.78 is 0. The van der Waals surface area contributed by atoms with E-state index in [0.717, 1.165) is 39.0 Å². The van der Waals surface area contributed by atoms with Crippen molar-refractivity contribution in [1.82, 2.24) is 10.2 Å². The van der Waals surface area contributed by atoms with Crippen LogP contribution in [0.15, 0.2) is 24.3 Å². The van der Waals surface area contributed by atoms with Gasteiger partial charge in [-0.3, -0.25) is 4.79 Å². The Morgan fingerprint density at radius 3 is 2.75 bits per heavy atom. The smallest absolute Gasteiger partial charge is 0.227 e. The lowest BCUT2D eigenvalue weighted by Crippen LogP contribution is -2.42. The molecule has 1 heterocycles. The number of piperidine rings is 1. The summed E-state index contributed by atoms with van der Waals surface area (Å²) in [6.07, 6.45) is 2.13. The average Bonchev–Trinajstić information content (AvgIpc) is 2.47. The molecule has 1 fully saturated rings. The topological polar surface area (TPSA) is 32.3 Å². The number of hydrogen-bond acceptors (Lipinski definition) is 2. The van der Waals surface area contributed by atoms with Gasteiger partial charge in [0.2, 0.25) is 5.91 Å². The molecule has 1 aromatic carbocycles. The molecule has 1 aromatic rings. The lowest BCUT2D eigenvalue weighted by molar-refractivity contribution is -0.136. The first-order valence-electron chi connectivity index (χ1n) is 7.26. The van der Waals surface area contributed by atoms with Crippen molar-refractivity contribution < 1.29 is 4.79 Å². The Hall–Kier alpha value is -1.06. The largest absolute Gasteiger partial charge is 0.338 e. The molecule has 0 radical (unpaired) electrons. The summed E-state index contributed by atoms with van der Waals surface area (Å²) in [5, 5.41) is 3.32. The second kappa shape index (κ2) is 8.28. The fraction of sp³-hybridized carbons (Fsp3) is 0.562. The number of rotatable bonds is 4. The SMILES string of the molecule is CCN(Cc1ccccc1C)C(=O)C1CCCNC1.Cl. The molecule has 0 aliphatic carbocycles. The van der Waals surface area contributed by atoms with E-state index in [1.807, 2.05) is 17.0 Å². The van der Waals surface area contributed by atoms with Crippen LogP contribution in [0.2, 0.25) is 0 Å². The van der Waals surface area contributed by atoms with Crippen LogP contribution in [0.4, 0.5) is 0 Å². The summed E-state index contributed by atoms with van der Waals surface area (Å²) in [7, 11) is 0. The Labute approximate surface area is 128 Å². The van der Waals surface area contributed by atoms with Gasteiger partial charge in [0.1, 0.15) is 0 Å². The Kier molecular flexibility index (Phi) is 7.03. The maximum atomic E-state index is 12.5. The van der Waals surface area contributed by atoms with Gasteiger partial charge < -0.3 is 10.2 Å². The van der Waals surface area contributed by atoms with Gasteiger partial charge in [-0.1, -0.05) is 24.3 Å². The van der Waals surface area contributed by atoms with Crippen LogP contribution in [0.1, 0.15) is 30.9 Å². The molecule has 1 unspecified atom stereocenters. The number of nitrogens with one attached hydrogen (secondary N) is 1. The second-order valence-corrected chi connectivity index (χ2v) is 5.32. The Morgan fingerprint density at radius 2 is 2.15 bits per heavy atom. The lowest BCUT2D eigenvalue weighted by Gasteiger charge is -2.29. The minimum Gasteiger partial charge on any atom is -0.338 e. The van der Waals surface area contributed by atoms with Gasteiger partial charge in [-0.2, -0.15) is 0 Å². The molecule has 1 aliphatic heterocycles. The van der Waals surface area contributed by atoms with E-state index in [1.165, 1.54) is 11.1 Å². The monoisotopic (exact) mass is 296 g/mol. The minimum atomic E-state index is 0. The van der Waals surface area contributed by atoms with Gasteiger partial charge in [0.05, 0.1) is 5.92 Å². The molecule has 0 aromatic heterocycles. The van der Waals surface area contributed by atoms with Crippen LogP contribution < -0.4 is 5.32 Å². The van der Waals surface area contributed by atoms with E-state index in [1.54, 1.807) is 0 Å². The molecule has 1 atom stereocenters. The van der Waals surface area contributed by atoms with Crippen molar-refractivity contribution in [3.63, 3.8) is 0 Å². The summed E-state index contributed by atoms with van der Waals surface area (Å²) in [6, 6.07) is 8.31. The van der Waals surface area contributed by atoms with Crippen LogP contribution in [0, 0.1) is 12.8 Å². The van der Waals surface area contributed by atoms with E-state index in [-0.39, 0.29) is 18.3 Å². The predicted octanol–water partition coefficient (Wildman–Crippen LogP) is 2.76. The average molecular weight is 297 g/mol. The molecule has 3 nitrogen and oxygen atoms in total. The molecule has 2 rings (SSSR count). The third-order valence-corrected chi connectivity index (χ3v) is 3.96. The zero-order valence-corrected chi connectivity index (χ0v) is 13.2. The zero-order valence-electron chi connectivity index (χ0n) is 12.4. The third-order valence-electron chi connectivity index (χ3n) is 3.96.